The standard InChI is InChI=1S/C16H21N5O2/c1-10(2)21-15(18-19-20-21)12-6-4-5-7-13(12)17-16(22)14-11(3)8-9-23-14/h4-7,10-11,14H,8-9H2,1-3H3,(H,17,22)/t11-,14-/m0/s1. The predicted molar refractivity (Wildman–Crippen MR) is 85.8 cm³/mol. The van der Waals surface area contributed by atoms with Gasteiger partial charge in [0.2, 0.25) is 0 Å². The molecule has 1 fully saturated rings. The number of carbonyl (C=O) groups excluding carboxylic acids is 1. The van der Waals surface area contributed by atoms with Crippen LogP contribution in [0.4, 0.5) is 5.69 Å². The molecule has 2 heterocycles. The molecule has 1 saturated heterocycles. The molecule has 3 rings (SSSR count). The number of rotatable bonds is 4. The van der Waals surface area contributed by atoms with Crippen molar-refractivity contribution in [2.45, 2.75) is 39.3 Å². The summed E-state index contributed by atoms with van der Waals surface area (Å²) in [5.41, 5.74) is 1.49. The first kappa shape index (κ1) is 15.6. The van der Waals surface area contributed by atoms with E-state index in [-0.39, 0.29) is 17.9 Å². The summed E-state index contributed by atoms with van der Waals surface area (Å²) in [6.45, 7) is 6.68. The number of tetrazole rings is 1. The minimum Gasteiger partial charge on any atom is -0.368 e. The zero-order chi connectivity index (χ0) is 16.4. The van der Waals surface area contributed by atoms with Gasteiger partial charge in [0.15, 0.2) is 5.82 Å². The van der Waals surface area contributed by atoms with Crippen molar-refractivity contribution in [2.24, 2.45) is 5.92 Å². The second-order valence-corrected chi connectivity index (χ2v) is 6.13. The number of nitrogens with zero attached hydrogens (tertiary/aromatic N) is 4. The SMILES string of the molecule is CC(C)n1nnnc1-c1ccccc1NC(=O)[C@H]1OCC[C@@H]1C. The van der Waals surface area contributed by atoms with E-state index in [2.05, 4.69) is 20.8 Å². The first-order valence-corrected chi connectivity index (χ1v) is 7.87. The van der Waals surface area contributed by atoms with Gasteiger partial charge in [-0.15, -0.1) is 5.10 Å². The molecule has 1 aromatic heterocycles. The lowest BCUT2D eigenvalue weighted by Crippen LogP contribution is -2.31. The minimum atomic E-state index is -0.399. The predicted octanol–water partition coefficient (Wildman–Crippen LogP) is 2.28. The lowest BCUT2D eigenvalue weighted by Gasteiger charge is -2.17. The van der Waals surface area contributed by atoms with E-state index in [1.54, 1.807) is 4.68 Å². The van der Waals surface area contributed by atoms with Crippen molar-refractivity contribution >= 4 is 11.6 Å². The van der Waals surface area contributed by atoms with Crippen LogP contribution in [-0.4, -0.2) is 38.8 Å². The molecule has 0 saturated carbocycles. The van der Waals surface area contributed by atoms with Gasteiger partial charge in [-0.05, 0) is 48.7 Å². The molecule has 1 aromatic carbocycles. The van der Waals surface area contributed by atoms with Gasteiger partial charge >= 0.3 is 0 Å². The Morgan fingerprint density at radius 2 is 2.17 bits per heavy atom. The van der Waals surface area contributed by atoms with Gasteiger partial charge in [-0.2, -0.15) is 0 Å². The van der Waals surface area contributed by atoms with E-state index in [4.69, 9.17) is 4.74 Å². The highest BCUT2D eigenvalue weighted by atomic mass is 16.5. The lowest BCUT2D eigenvalue weighted by molar-refractivity contribution is -0.126. The molecule has 0 spiro atoms. The van der Waals surface area contributed by atoms with E-state index in [0.717, 1.165) is 12.0 Å². The lowest BCUT2D eigenvalue weighted by atomic mass is 10.0. The molecule has 1 N–H and O–H groups in total. The number of carbonyl (C=O) groups is 1. The van der Waals surface area contributed by atoms with E-state index in [9.17, 15) is 4.79 Å². The smallest absolute Gasteiger partial charge is 0.253 e. The minimum absolute atomic E-state index is 0.119. The fraction of sp³-hybridized carbons (Fsp3) is 0.500. The third-order valence-electron chi connectivity index (χ3n) is 4.05. The molecule has 7 heteroatoms. The number of amides is 1. The second-order valence-electron chi connectivity index (χ2n) is 6.13. The summed E-state index contributed by atoms with van der Waals surface area (Å²) < 4.78 is 7.27. The average molecular weight is 315 g/mol. The number of anilines is 1. The van der Waals surface area contributed by atoms with Crippen LogP contribution >= 0.6 is 0 Å². The maximum Gasteiger partial charge on any atom is 0.253 e. The Balaban J connectivity index is 1.89. The van der Waals surface area contributed by atoms with Crippen molar-refractivity contribution in [3.05, 3.63) is 24.3 Å². The topological polar surface area (TPSA) is 81.9 Å². The Bertz CT molecular complexity index is 697. The molecule has 1 aliphatic rings. The van der Waals surface area contributed by atoms with E-state index in [1.165, 1.54) is 0 Å². The van der Waals surface area contributed by atoms with Crippen LogP contribution in [0.3, 0.4) is 0 Å². The van der Waals surface area contributed by atoms with Crippen LogP contribution in [0.25, 0.3) is 11.4 Å². The largest absolute Gasteiger partial charge is 0.368 e. The Kier molecular flexibility index (Phi) is 4.38. The Morgan fingerprint density at radius 1 is 1.39 bits per heavy atom. The normalized spacial score (nSPS) is 20.9. The van der Waals surface area contributed by atoms with Crippen LogP contribution in [0.5, 0.6) is 0 Å². The van der Waals surface area contributed by atoms with Crippen molar-refractivity contribution in [3.63, 3.8) is 0 Å². The molecule has 0 radical (unpaired) electrons. The van der Waals surface area contributed by atoms with Gasteiger partial charge in [-0.1, -0.05) is 19.1 Å². The van der Waals surface area contributed by atoms with Gasteiger partial charge in [0.1, 0.15) is 6.10 Å². The summed E-state index contributed by atoms with van der Waals surface area (Å²) in [7, 11) is 0. The van der Waals surface area contributed by atoms with Gasteiger partial charge in [-0.3, -0.25) is 4.79 Å². The third-order valence-corrected chi connectivity index (χ3v) is 4.05. The molecule has 2 aromatic rings. The Hall–Kier alpha value is -2.28. The molecular formula is C16H21N5O2. The van der Waals surface area contributed by atoms with Crippen LogP contribution in [0.1, 0.15) is 33.2 Å². The molecule has 0 unspecified atom stereocenters. The van der Waals surface area contributed by atoms with Crippen LogP contribution in [0.2, 0.25) is 0 Å². The molecule has 0 bridgehead atoms. The van der Waals surface area contributed by atoms with Crippen molar-refractivity contribution in [2.75, 3.05) is 11.9 Å². The summed E-state index contributed by atoms with van der Waals surface area (Å²) >= 11 is 0. The number of aromatic nitrogens is 4. The monoisotopic (exact) mass is 315 g/mol. The molecule has 23 heavy (non-hydrogen) atoms. The van der Waals surface area contributed by atoms with Crippen molar-refractivity contribution < 1.29 is 9.53 Å². The maximum absolute atomic E-state index is 12.5. The number of nitrogens with one attached hydrogen (secondary N) is 1. The van der Waals surface area contributed by atoms with Gasteiger partial charge in [0, 0.05) is 12.2 Å². The third kappa shape index (κ3) is 3.10. The second kappa shape index (κ2) is 6.45. The number of hydrogen-bond donors (Lipinski definition) is 1. The maximum atomic E-state index is 12.5. The molecule has 7 nitrogen and oxygen atoms in total. The first-order chi connectivity index (χ1) is 11.1. The number of para-hydroxylation sites is 1. The van der Waals surface area contributed by atoms with Gasteiger partial charge in [0.05, 0.1) is 11.7 Å². The van der Waals surface area contributed by atoms with Crippen LogP contribution in [0, 0.1) is 5.92 Å². The van der Waals surface area contributed by atoms with Crippen LogP contribution in [-0.2, 0) is 9.53 Å². The van der Waals surface area contributed by atoms with E-state index in [0.29, 0.717) is 18.1 Å². The number of hydrogen-bond acceptors (Lipinski definition) is 5. The number of benzene rings is 1. The van der Waals surface area contributed by atoms with Crippen LogP contribution in [0.15, 0.2) is 24.3 Å². The zero-order valence-corrected chi connectivity index (χ0v) is 13.6. The molecular weight excluding hydrogens is 294 g/mol. The summed E-state index contributed by atoms with van der Waals surface area (Å²) in [6, 6.07) is 7.66. The fourth-order valence-electron chi connectivity index (χ4n) is 2.74. The van der Waals surface area contributed by atoms with Crippen molar-refractivity contribution in [3.8, 4) is 11.4 Å². The quantitative estimate of drug-likeness (QED) is 0.936. The van der Waals surface area contributed by atoms with Gasteiger partial charge in [0.25, 0.3) is 5.91 Å². The molecule has 122 valence electrons. The average Bonchev–Trinajstić information content (AvgIpc) is 3.16. The highest BCUT2D eigenvalue weighted by Gasteiger charge is 2.31. The molecule has 2 atom stereocenters. The van der Waals surface area contributed by atoms with Crippen LogP contribution < -0.4 is 5.32 Å². The number of ether oxygens (including phenoxy) is 1. The Morgan fingerprint density at radius 3 is 2.87 bits per heavy atom. The van der Waals surface area contributed by atoms with Gasteiger partial charge < -0.3 is 10.1 Å². The molecule has 0 aliphatic carbocycles. The van der Waals surface area contributed by atoms with E-state index in [1.807, 2.05) is 45.0 Å². The highest BCUT2D eigenvalue weighted by molar-refractivity contribution is 5.97. The first-order valence-electron chi connectivity index (χ1n) is 7.87. The van der Waals surface area contributed by atoms with Gasteiger partial charge in [-0.25, -0.2) is 4.68 Å². The van der Waals surface area contributed by atoms with E-state index < -0.39 is 6.10 Å². The molecule has 1 aliphatic heterocycles. The van der Waals surface area contributed by atoms with Crippen molar-refractivity contribution in [1.29, 1.82) is 0 Å². The fourth-order valence-corrected chi connectivity index (χ4v) is 2.74. The summed E-state index contributed by atoms with van der Waals surface area (Å²) in [4.78, 5) is 12.5. The zero-order valence-electron chi connectivity index (χ0n) is 13.6. The summed E-state index contributed by atoms with van der Waals surface area (Å²) in [5.74, 6) is 0.741. The molecule has 1 amide bonds. The Labute approximate surface area is 135 Å². The summed E-state index contributed by atoms with van der Waals surface area (Å²) in [6.07, 6.45) is 0.509. The van der Waals surface area contributed by atoms with E-state index >= 15 is 0 Å². The summed E-state index contributed by atoms with van der Waals surface area (Å²) in [5, 5.41) is 14.8. The highest BCUT2D eigenvalue weighted by Crippen LogP contribution is 2.28. The van der Waals surface area contributed by atoms with Crippen molar-refractivity contribution in [1.82, 2.24) is 20.2 Å².